The topological polar surface area (TPSA) is 107 Å². The zero-order valence-corrected chi connectivity index (χ0v) is 11.4. The molecule has 1 aromatic heterocycles. The van der Waals surface area contributed by atoms with E-state index in [1.54, 1.807) is 6.07 Å². The normalized spacial score (nSPS) is 13.5. The molecule has 0 atom stereocenters. The second kappa shape index (κ2) is 5.35. The van der Waals surface area contributed by atoms with Crippen LogP contribution in [0.3, 0.4) is 0 Å². The fourth-order valence-electron chi connectivity index (χ4n) is 2.44. The Morgan fingerprint density at radius 1 is 1.29 bits per heavy atom. The molecule has 0 radical (unpaired) electrons. The molecule has 1 heterocycles. The molecule has 0 unspecified atom stereocenters. The first-order valence-corrected chi connectivity index (χ1v) is 6.79. The third kappa shape index (κ3) is 2.76. The van der Waals surface area contributed by atoms with Gasteiger partial charge in [0.1, 0.15) is 5.69 Å². The molecule has 0 saturated carbocycles. The number of nitro groups is 1. The van der Waals surface area contributed by atoms with E-state index in [-0.39, 0.29) is 11.4 Å². The Morgan fingerprint density at radius 3 is 2.90 bits per heavy atom. The summed E-state index contributed by atoms with van der Waals surface area (Å²) in [6.07, 6.45) is 6.11. The molecular formula is C14H15N5O2. The van der Waals surface area contributed by atoms with Gasteiger partial charge < -0.3 is 11.1 Å². The van der Waals surface area contributed by atoms with Crippen molar-refractivity contribution in [3.63, 3.8) is 0 Å². The highest BCUT2D eigenvalue weighted by Gasteiger charge is 2.14. The molecule has 3 rings (SSSR count). The summed E-state index contributed by atoms with van der Waals surface area (Å²) >= 11 is 0. The van der Waals surface area contributed by atoms with E-state index < -0.39 is 4.92 Å². The Bertz CT molecular complexity index is 702. The average Bonchev–Trinajstić information content (AvgIpc) is 2.49. The molecule has 21 heavy (non-hydrogen) atoms. The van der Waals surface area contributed by atoms with Crippen LogP contribution in [-0.4, -0.2) is 14.9 Å². The maximum atomic E-state index is 10.9. The molecule has 1 aromatic carbocycles. The van der Waals surface area contributed by atoms with Crippen LogP contribution in [0.25, 0.3) is 0 Å². The van der Waals surface area contributed by atoms with Crippen LogP contribution in [0.15, 0.2) is 24.4 Å². The molecule has 1 aliphatic rings. The quantitative estimate of drug-likeness (QED) is 0.510. The van der Waals surface area contributed by atoms with E-state index in [0.29, 0.717) is 11.6 Å². The molecule has 7 nitrogen and oxygen atoms in total. The fourth-order valence-corrected chi connectivity index (χ4v) is 2.44. The van der Waals surface area contributed by atoms with Gasteiger partial charge in [0.15, 0.2) is 0 Å². The maximum absolute atomic E-state index is 10.9. The van der Waals surface area contributed by atoms with Gasteiger partial charge in [-0.1, -0.05) is 0 Å². The first-order chi connectivity index (χ1) is 10.1. The number of benzene rings is 1. The summed E-state index contributed by atoms with van der Waals surface area (Å²) in [6, 6.07) is 4.56. The number of nitro benzene ring substituents is 1. The highest BCUT2D eigenvalue weighted by atomic mass is 16.6. The second-order valence-electron chi connectivity index (χ2n) is 5.03. The van der Waals surface area contributed by atoms with E-state index >= 15 is 0 Å². The summed E-state index contributed by atoms with van der Waals surface area (Å²) in [5.74, 6) is 0.453. The van der Waals surface area contributed by atoms with Crippen LogP contribution in [0.2, 0.25) is 0 Å². The standard InChI is InChI=1S/C14H15N5O2/c15-11-6-5-10(7-13(11)19(20)21)17-14-16-8-9-3-1-2-4-12(9)18-14/h5-8H,1-4,15H2,(H,16,17,18). The number of nitrogen functional groups attached to an aromatic ring is 1. The lowest BCUT2D eigenvalue weighted by molar-refractivity contribution is -0.383. The van der Waals surface area contributed by atoms with Crippen molar-refractivity contribution >= 4 is 23.0 Å². The largest absolute Gasteiger partial charge is 0.393 e. The second-order valence-corrected chi connectivity index (χ2v) is 5.03. The Kier molecular flexibility index (Phi) is 3.39. The van der Waals surface area contributed by atoms with Crippen molar-refractivity contribution < 1.29 is 4.92 Å². The fraction of sp³-hybridized carbons (Fsp3) is 0.286. The Morgan fingerprint density at radius 2 is 2.10 bits per heavy atom. The molecule has 1 aliphatic carbocycles. The van der Waals surface area contributed by atoms with Crippen LogP contribution in [0.1, 0.15) is 24.1 Å². The lowest BCUT2D eigenvalue weighted by atomic mass is 9.98. The van der Waals surface area contributed by atoms with E-state index in [1.165, 1.54) is 24.1 Å². The highest BCUT2D eigenvalue weighted by Crippen LogP contribution is 2.27. The van der Waals surface area contributed by atoms with Gasteiger partial charge in [0.2, 0.25) is 5.95 Å². The number of fused-ring (bicyclic) bond motifs is 1. The number of rotatable bonds is 3. The number of anilines is 3. The van der Waals surface area contributed by atoms with E-state index in [9.17, 15) is 10.1 Å². The minimum Gasteiger partial charge on any atom is -0.393 e. The zero-order valence-electron chi connectivity index (χ0n) is 11.4. The number of aryl methyl sites for hydroxylation is 2. The summed E-state index contributed by atoms with van der Waals surface area (Å²) in [5, 5.41) is 13.9. The Labute approximate surface area is 121 Å². The van der Waals surface area contributed by atoms with Crippen molar-refractivity contribution in [3.8, 4) is 0 Å². The summed E-state index contributed by atoms with van der Waals surface area (Å²) < 4.78 is 0. The molecule has 0 saturated heterocycles. The van der Waals surface area contributed by atoms with Gasteiger partial charge in [-0.3, -0.25) is 10.1 Å². The Hall–Kier alpha value is -2.70. The van der Waals surface area contributed by atoms with Crippen LogP contribution >= 0.6 is 0 Å². The van der Waals surface area contributed by atoms with Gasteiger partial charge >= 0.3 is 0 Å². The van der Waals surface area contributed by atoms with Crippen molar-refractivity contribution in [2.24, 2.45) is 0 Å². The first kappa shape index (κ1) is 13.3. The number of aromatic nitrogens is 2. The van der Waals surface area contributed by atoms with Gasteiger partial charge in [-0.2, -0.15) is 0 Å². The van der Waals surface area contributed by atoms with Crippen LogP contribution in [0.4, 0.5) is 23.0 Å². The van der Waals surface area contributed by atoms with Crippen molar-refractivity contribution in [2.75, 3.05) is 11.1 Å². The molecule has 0 amide bonds. The predicted octanol–water partition coefficient (Wildman–Crippen LogP) is 2.59. The zero-order chi connectivity index (χ0) is 14.8. The molecule has 7 heteroatoms. The Balaban J connectivity index is 1.86. The monoisotopic (exact) mass is 285 g/mol. The van der Waals surface area contributed by atoms with Gasteiger partial charge in [-0.15, -0.1) is 0 Å². The van der Waals surface area contributed by atoms with Gasteiger partial charge in [-0.25, -0.2) is 9.97 Å². The molecule has 0 spiro atoms. The van der Waals surface area contributed by atoms with Crippen molar-refractivity contribution in [3.05, 3.63) is 45.8 Å². The molecule has 108 valence electrons. The lowest BCUT2D eigenvalue weighted by Crippen LogP contribution is -2.08. The summed E-state index contributed by atoms with van der Waals surface area (Å²) in [6.45, 7) is 0. The SMILES string of the molecule is Nc1ccc(Nc2ncc3c(n2)CCCC3)cc1[N+](=O)[O-]. The van der Waals surface area contributed by atoms with E-state index in [4.69, 9.17) is 5.73 Å². The first-order valence-electron chi connectivity index (χ1n) is 6.79. The third-order valence-corrected chi connectivity index (χ3v) is 3.55. The summed E-state index contributed by atoms with van der Waals surface area (Å²) in [7, 11) is 0. The average molecular weight is 285 g/mol. The van der Waals surface area contributed by atoms with Gasteiger partial charge in [-0.05, 0) is 43.4 Å². The molecule has 0 aliphatic heterocycles. The van der Waals surface area contributed by atoms with Crippen molar-refractivity contribution in [1.29, 1.82) is 0 Å². The number of nitrogens with two attached hydrogens (primary N) is 1. The van der Waals surface area contributed by atoms with E-state index in [0.717, 1.165) is 25.0 Å². The molecule has 0 fully saturated rings. The summed E-state index contributed by atoms with van der Waals surface area (Å²) in [5.41, 5.74) is 8.38. The molecule has 2 aromatic rings. The molecular weight excluding hydrogens is 270 g/mol. The predicted molar refractivity (Wildman–Crippen MR) is 79.5 cm³/mol. The van der Waals surface area contributed by atoms with E-state index in [2.05, 4.69) is 15.3 Å². The minimum atomic E-state index is -0.506. The van der Waals surface area contributed by atoms with Crippen LogP contribution in [0, 0.1) is 10.1 Å². The van der Waals surface area contributed by atoms with E-state index in [1.807, 2.05) is 6.20 Å². The van der Waals surface area contributed by atoms with Gasteiger partial charge in [0.05, 0.1) is 4.92 Å². The van der Waals surface area contributed by atoms with Crippen molar-refractivity contribution in [1.82, 2.24) is 9.97 Å². The maximum Gasteiger partial charge on any atom is 0.294 e. The van der Waals surface area contributed by atoms with Crippen LogP contribution in [-0.2, 0) is 12.8 Å². The number of hydrogen-bond donors (Lipinski definition) is 2. The number of nitrogens with zero attached hydrogens (tertiary/aromatic N) is 3. The van der Waals surface area contributed by atoms with Gasteiger partial charge in [0, 0.05) is 23.6 Å². The van der Waals surface area contributed by atoms with Crippen LogP contribution < -0.4 is 11.1 Å². The minimum absolute atomic E-state index is 0.127. The lowest BCUT2D eigenvalue weighted by Gasteiger charge is -2.15. The highest BCUT2D eigenvalue weighted by molar-refractivity contribution is 5.67. The third-order valence-electron chi connectivity index (χ3n) is 3.55. The smallest absolute Gasteiger partial charge is 0.294 e. The number of hydrogen-bond acceptors (Lipinski definition) is 6. The molecule has 0 bridgehead atoms. The summed E-state index contributed by atoms with van der Waals surface area (Å²) in [4.78, 5) is 19.1. The number of nitrogens with one attached hydrogen (secondary N) is 1. The van der Waals surface area contributed by atoms with Gasteiger partial charge in [0.25, 0.3) is 5.69 Å². The molecule has 3 N–H and O–H groups in total. The van der Waals surface area contributed by atoms with Crippen LogP contribution in [0.5, 0.6) is 0 Å². The van der Waals surface area contributed by atoms with Crippen molar-refractivity contribution in [2.45, 2.75) is 25.7 Å².